The van der Waals surface area contributed by atoms with Gasteiger partial charge in [-0.2, -0.15) is 0 Å². The Balaban J connectivity index is 1.29. The summed E-state index contributed by atoms with van der Waals surface area (Å²) in [6.07, 6.45) is 3.25. The average Bonchev–Trinajstić information content (AvgIpc) is 3.16. The van der Waals surface area contributed by atoms with E-state index in [1.54, 1.807) is 30.5 Å². The Morgan fingerprint density at radius 2 is 1.78 bits per heavy atom. The van der Waals surface area contributed by atoms with Crippen molar-refractivity contribution >= 4 is 34.9 Å². The minimum absolute atomic E-state index is 0.00396. The van der Waals surface area contributed by atoms with Gasteiger partial charge < -0.3 is 19.9 Å². The second-order valence-corrected chi connectivity index (χ2v) is 9.17. The number of nitrogens with zero attached hydrogens (tertiary/aromatic N) is 3. The van der Waals surface area contributed by atoms with Crippen molar-refractivity contribution in [2.45, 2.75) is 25.7 Å². The van der Waals surface area contributed by atoms with E-state index >= 15 is 0 Å². The molecule has 2 heterocycles. The molecule has 36 heavy (non-hydrogen) atoms. The molecule has 0 bridgehead atoms. The summed E-state index contributed by atoms with van der Waals surface area (Å²) in [6.45, 7) is 4.75. The van der Waals surface area contributed by atoms with Crippen LogP contribution >= 0.6 is 11.6 Å². The normalized spacial score (nSPS) is 14.6. The van der Waals surface area contributed by atoms with Crippen LogP contribution in [0.2, 0.25) is 5.02 Å². The summed E-state index contributed by atoms with van der Waals surface area (Å²) in [6, 6.07) is 20.6. The van der Waals surface area contributed by atoms with Crippen molar-refractivity contribution in [3.8, 4) is 5.75 Å². The van der Waals surface area contributed by atoms with Gasteiger partial charge in [0.2, 0.25) is 5.91 Å². The molecule has 0 radical (unpaired) electrons. The van der Waals surface area contributed by atoms with Crippen LogP contribution in [0.25, 0.3) is 0 Å². The van der Waals surface area contributed by atoms with Crippen LogP contribution in [0, 0.1) is 0 Å². The third-order valence-corrected chi connectivity index (χ3v) is 6.54. The maximum Gasteiger partial charge on any atom is 0.260 e. The zero-order valence-electron chi connectivity index (χ0n) is 20.4. The van der Waals surface area contributed by atoms with E-state index in [2.05, 4.69) is 15.2 Å². The summed E-state index contributed by atoms with van der Waals surface area (Å²) < 4.78 is 5.62. The number of rotatable bonds is 8. The molecule has 1 aromatic heterocycles. The largest absolute Gasteiger partial charge is 0.484 e. The van der Waals surface area contributed by atoms with Gasteiger partial charge in [-0.05, 0) is 54.8 Å². The fourth-order valence-electron chi connectivity index (χ4n) is 4.30. The highest BCUT2D eigenvalue weighted by Crippen LogP contribution is 2.23. The third-order valence-electron chi connectivity index (χ3n) is 6.29. The summed E-state index contributed by atoms with van der Waals surface area (Å²) in [7, 11) is 0. The van der Waals surface area contributed by atoms with Gasteiger partial charge in [-0.3, -0.25) is 9.59 Å². The van der Waals surface area contributed by atoms with E-state index in [9.17, 15) is 9.59 Å². The molecule has 0 unspecified atom stereocenters. The highest BCUT2D eigenvalue weighted by Gasteiger charge is 2.21. The van der Waals surface area contributed by atoms with Crippen molar-refractivity contribution in [3.63, 3.8) is 0 Å². The monoisotopic (exact) mass is 506 g/mol. The smallest absolute Gasteiger partial charge is 0.260 e. The fourth-order valence-corrected chi connectivity index (χ4v) is 4.42. The highest BCUT2D eigenvalue weighted by atomic mass is 35.5. The van der Waals surface area contributed by atoms with Crippen molar-refractivity contribution in [1.82, 2.24) is 9.88 Å². The minimum Gasteiger partial charge on any atom is -0.484 e. The number of ether oxygens (including phenoxy) is 1. The first-order chi connectivity index (χ1) is 17.5. The van der Waals surface area contributed by atoms with Gasteiger partial charge in [0.1, 0.15) is 11.6 Å². The number of amides is 2. The van der Waals surface area contributed by atoms with Crippen LogP contribution in [-0.4, -0.2) is 54.5 Å². The van der Waals surface area contributed by atoms with Gasteiger partial charge in [-0.25, -0.2) is 4.98 Å². The standard InChI is InChI=1S/C28H31ClN4O3/c1-2-25(21-7-4-3-5-8-21)28(35)31-23-11-14-26(30-19-23)32-15-6-16-33(18-17-32)27(34)20-36-24-12-9-22(29)10-13-24/h3-5,7-14,19,25H,2,6,15-18,20H2,1H3,(H,31,35)/t25-/m0/s1. The quantitative estimate of drug-likeness (QED) is 0.466. The van der Waals surface area contributed by atoms with E-state index in [-0.39, 0.29) is 24.3 Å². The number of aromatic nitrogens is 1. The van der Waals surface area contributed by atoms with Crippen molar-refractivity contribution in [2.24, 2.45) is 0 Å². The van der Waals surface area contributed by atoms with Crippen molar-refractivity contribution in [3.05, 3.63) is 83.5 Å². The molecule has 0 spiro atoms. The van der Waals surface area contributed by atoms with Crippen molar-refractivity contribution in [1.29, 1.82) is 0 Å². The van der Waals surface area contributed by atoms with Crippen LogP contribution in [-0.2, 0) is 9.59 Å². The lowest BCUT2D eigenvalue weighted by Gasteiger charge is -2.23. The van der Waals surface area contributed by atoms with Gasteiger partial charge >= 0.3 is 0 Å². The van der Waals surface area contributed by atoms with E-state index in [1.165, 1.54) is 0 Å². The number of carbonyl (C=O) groups is 2. The molecule has 7 nitrogen and oxygen atoms in total. The van der Waals surface area contributed by atoms with Crippen molar-refractivity contribution in [2.75, 3.05) is 43.0 Å². The molecule has 0 aliphatic carbocycles. The van der Waals surface area contributed by atoms with Gasteiger partial charge in [-0.1, -0.05) is 48.9 Å². The Bertz CT molecular complexity index is 1140. The lowest BCUT2D eigenvalue weighted by atomic mass is 9.95. The van der Waals surface area contributed by atoms with E-state index in [0.29, 0.717) is 36.1 Å². The summed E-state index contributed by atoms with van der Waals surface area (Å²) in [4.78, 5) is 34.1. The van der Waals surface area contributed by atoms with E-state index in [1.807, 2.05) is 54.3 Å². The highest BCUT2D eigenvalue weighted by molar-refractivity contribution is 6.30. The first-order valence-corrected chi connectivity index (χ1v) is 12.6. The number of hydrogen-bond donors (Lipinski definition) is 1. The third kappa shape index (κ3) is 6.76. The summed E-state index contributed by atoms with van der Waals surface area (Å²) in [5.74, 6) is 1.16. The van der Waals surface area contributed by atoms with Crippen LogP contribution < -0.4 is 15.0 Å². The van der Waals surface area contributed by atoms with E-state index in [4.69, 9.17) is 16.3 Å². The molecule has 1 N–H and O–H groups in total. The molecule has 1 aliphatic heterocycles. The molecule has 8 heteroatoms. The van der Waals surface area contributed by atoms with Gasteiger partial charge in [0, 0.05) is 31.2 Å². The Morgan fingerprint density at radius 1 is 1.00 bits per heavy atom. The predicted octanol–water partition coefficient (Wildman–Crippen LogP) is 4.99. The average molecular weight is 507 g/mol. The molecule has 1 atom stereocenters. The first-order valence-electron chi connectivity index (χ1n) is 12.3. The molecule has 4 rings (SSSR count). The predicted molar refractivity (Wildman–Crippen MR) is 143 cm³/mol. The van der Waals surface area contributed by atoms with Gasteiger partial charge in [0.15, 0.2) is 6.61 Å². The number of hydrogen-bond acceptors (Lipinski definition) is 5. The van der Waals surface area contributed by atoms with Crippen molar-refractivity contribution < 1.29 is 14.3 Å². The van der Waals surface area contributed by atoms with Crippen LogP contribution in [0.15, 0.2) is 72.9 Å². The molecule has 2 amide bonds. The molecule has 188 valence electrons. The Hall–Kier alpha value is -3.58. The van der Waals surface area contributed by atoms with Crippen LogP contribution in [0.1, 0.15) is 31.2 Å². The number of pyridine rings is 1. The Morgan fingerprint density at radius 3 is 2.47 bits per heavy atom. The molecular weight excluding hydrogens is 476 g/mol. The molecule has 1 aliphatic rings. The van der Waals surface area contributed by atoms with Crippen LogP contribution in [0.4, 0.5) is 11.5 Å². The van der Waals surface area contributed by atoms with E-state index in [0.717, 1.165) is 30.8 Å². The zero-order valence-corrected chi connectivity index (χ0v) is 21.2. The van der Waals surface area contributed by atoms with Crippen LogP contribution in [0.5, 0.6) is 5.75 Å². The second-order valence-electron chi connectivity index (χ2n) is 8.73. The van der Waals surface area contributed by atoms with E-state index < -0.39 is 0 Å². The first kappa shape index (κ1) is 25.5. The molecule has 3 aromatic rings. The topological polar surface area (TPSA) is 74.8 Å². The van der Waals surface area contributed by atoms with Crippen LogP contribution in [0.3, 0.4) is 0 Å². The zero-order chi connectivity index (χ0) is 25.3. The molecular formula is C28H31ClN4O3. The lowest BCUT2D eigenvalue weighted by Crippen LogP contribution is -2.38. The van der Waals surface area contributed by atoms with Gasteiger partial charge in [0.25, 0.3) is 5.91 Å². The Labute approximate surface area is 217 Å². The SMILES string of the molecule is CC[C@H](C(=O)Nc1ccc(N2CCCN(C(=O)COc3ccc(Cl)cc3)CC2)nc1)c1ccccc1. The number of halogens is 1. The fraction of sp³-hybridized carbons (Fsp3) is 0.321. The Kier molecular flexibility index (Phi) is 8.79. The number of anilines is 2. The summed E-state index contributed by atoms with van der Waals surface area (Å²) >= 11 is 5.89. The second kappa shape index (κ2) is 12.4. The lowest BCUT2D eigenvalue weighted by molar-refractivity contribution is -0.133. The maximum absolute atomic E-state index is 12.8. The summed E-state index contributed by atoms with van der Waals surface area (Å²) in [5.41, 5.74) is 1.67. The molecule has 1 saturated heterocycles. The number of carbonyl (C=O) groups excluding carboxylic acids is 2. The number of nitrogens with one attached hydrogen (secondary N) is 1. The van der Waals surface area contributed by atoms with Gasteiger partial charge in [-0.15, -0.1) is 0 Å². The maximum atomic E-state index is 12.8. The summed E-state index contributed by atoms with van der Waals surface area (Å²) in [5, 5.41) is 3.62. The number of benzene rings is 2. The minimum atomic E-state index is -0.205. The molecule has 1 fully saturated rings. The molecule has 0 saturated carbocycles. The van der Waals surface area contributed by atoms with Gasteiger partial charge in [0.05, 0.1) is 17.8 Å². The molecule has 2 aromatic carbocycles.